The molecule has 2 rings (SSSR count). The summed E-state index contributed by atoms with van der Waals surface area (Å²) in [4.78, 5) is 2.10. The third-order valence-corrected chi connectivity index (χ3v) is 3.79. The van der Waals surface area contributed by atoms with Crippen LogP contribution in [0.25, 0.3) is 0 Å². The van der Waals surface area contributed by atoms with Gasteiger partial charge in [-0.2, -0.15) is 0 Å². The Bertz CT molecular complexity index is 257. The van der Waals surface area contributed by atoms with E-state index in [0.717, 1.165) is 0 Å². The van der Waals surface area contributed by atoms with Crippen LogP contribution in [0, 0.1) is 5.41 Å². The van der Waals surface area contributed by atoms with Crippen molar-refractivity contribution in [1.82, 2.24) is 4.90 Å². The van der Waals surface area contributed by atoms with Crippen LogP contribution in [0.15, 0.2) is 0 Å². The summed E-state index contributed by atoms with van der Waals surface area (Å²) >= 11 is 0. The number of alkyl halides is 3. The van der Waals surface area contributed by atoms with Crippen molar-refractivity contribution in [2.45, 2.75) is 51.6 Å². The summed E-state index contributed by atoms with van der Waals surface area (Å²) in [6.07, 6.45) is 0.151. The predicted molar refractivity (Wildman–Crippen MR) is 70.4 cm³/mol. The normalized spacial score (nSPS) is 26.2. The Kier molecular flexibility index (Phi) is 6.12. The molecule has 0 unspecified atom stereocenters. The van der Waals surface area contributed by atoms with Gasteiger partial charge in [-0.1, -0.05) is 13.8 Å². The minimum Gasteiger partial charge on any atom is -0.384 e. The molecular weight excluding hydrogens is 255 g/mol. The maximum atomic E-state index is 13.0. The SMILES string of the molecule is CC.COCC1(CN2CCC(F)CC2)CC(F)(F)C1. The summed E-state index contributed by atoms with van der Waals surface area (Å²) in [5.74, 6) is -2.53. The van der Waals surface area contributed by atoms with Crippen LogP contribution in [-0.4, -0.2) is 50.3 Å². The third-order valence-electron chi connectivity index (χ3n) is 3.79. The van der Waals surface area contributed by atoms with Gasteiger partial charge < -0.3 is 9.64 Å². The number of halogens is 3. The van der Waals surface area contributed by atoms with E-state index in [4.69, 9.17) is 4.74 Å². The van der Waals surface area contributed by atoms with E-state index < -0.39 is 17.5 Å². The smallest absolute Gasteiger partial charge is 0.249 e. The molecule has 0 spiro atoms. The van der Waals surface area contributed by atoms with Gasteiger partial charge >= 0.3 is 0 Å². The van der Waals surface area contributed by atoms with Gasteiger partial charge in [0, 0.05) is 45.0 Å². The molecule has 1 saturated heterocycles. The van der Waals surface area contributed by atoms with Gasteiger partial charge in [-0.25, -0.2) is 13.2 Å². The summed E-state index contributed by atoms with van der Waals surface area (Å²) < 4.78 is 44.1. The lowest BCUT2D eigenvalue weighted by atomic mass is 9.66. The summed E-state index contributed by atoms with van der Waals surface area (Å²) in [5, 5.41) is 0. The average molecular weight is 281 g/mol. The number of methoxy groups -OCH3 is 1. The third kappa shape index (κ3) is 4.63. The molecule has 1 aliphatic carbocycles. The molecule has 1 aliphatic heterocycles. The number of hydrogen-bond acceptors (Lipinski definition) is 2. The first-order valence-corrected chi connectivity index (χ1v) is 7.18. The molecule has 0 aromatic carbocycles. The summed E-state index contributed by atoms with van der Waals surface area (Å²) in [7, 11) is 1.55. The molecule has 19 heavy (non-hydrogen) atoms. The zero-order chi connectivity index (χ0) is 14.5. The molecule has 2 fully saturated rings. The molecule has 0 aromatic heterocycles. The molecule has 0 radical (unpaired) electrons. The van der Waals surface area contributed by atoms with Crippen LogP contribution < -0.4 is 0 Å². The minimum atomic E-state index is -2.53. The van der Waals surface area contributed by atoms with Crippen LogP contribution >= 0.6 is 0 Å². The van der Waals surface area contributed by atoms with Gasteiger partial charge in [0.05, 0.1) is 6.61 Å². The fraction of sp³-hybridized carbons (Fsp3) is 1.00. The van der Waals surface area contributed by atoms with Gasteiger partial charge in [0.15, 0.2) is 0 Å². The van der Waals surface area contributed by atoms with E-state index >= 15 is 0 Å². The number of ether oxygens (including phenoxy) is 1. The van der Waals surface area contributed by atoms with E-state index in [-0.39, 0.29) is 12.8 Å². The largest absolute Gasteiger partial charge is 0.384 e. The van der Waals surface area contributed by atoms with Crippen molar-refractivity contribution in [1.29, 1.82) is 0 Å². The molecule has 0 N–H and O–H groups in total. The van der Waals surface area contributed by atoms with E-state index in [1.807, 2.05) is 13.8 Å². The highest BCUT2D eigenvalue weighted by Gasteiger charge is 2.56. The van der Waals surface area contributed by atoms with Crippen molar-refractivity contribution in [3.05, 3.63) is 0 Å². The molecule has 2 aliphatic rings. The summed E-state index contributed by atoms with van der Waals surface area (Å²) in [5.41, 5.74) is -0.415. The second kappa shape index (κ2) is 6.93. The van der Waals surface area contributed by atoms with Crippen molar-refractivity contribution in [3.63, 3.8) is 0 Å². The number of likely N-dealkylation sites (tertiary alicyclic amines) is 1. The first-order chi connectivity index (χ1) is 8.95. The van der Waals surface area contributed by atoms with Crippen LogP contribution in [0.4, 0.5) is 13.2 Å². The molecule has 2 nitrogen and oxygen atoms in total. The zero-order valence-electron chi connectivity index (χ0n) is 12.2. The van der Waals surface area contributed by atoms with Crippen LogP contribution in [0.5, 0.6) is 0 Å². The molecule has 5 heteroatoms. The van der Waals surface area contributed by atoms with Gasteiger partial charge in [0.1, 0.15) is 6.17 Å². The highest BCUT2D eigenvalue weighted by atomic mass is 19.3. The Balaban J connectivity index is 0.000000861. The van der Waals surface area contributed by atoms with E-state index in [1.54, 1.807) is 7.11 Å². The molecule has 0 atom stereocenters. The lowest BCUT2D eigenvalue weighted by Crippen LogP contribution is -2.55. The Morgan fingerprint density at radius 3 is 2.11 bits per heavy atom. The second-order valence-corrected chi connectivity index (χ2v) is 5.59. The van der Waals surface area contributed by atoms with Crippen molar-refractivity contribution < 1.29 is 17.9 Å². The molecule has 0 aromatic rings. The molecule has 0 amide bonds. The summed E-state index contributed by atoms with van der Waals surface area (Å²) in [6.45, 7) is 6.34. The van der Waals surface area contributed by atoms with Crippen molar-refractivity contribution in [2.75, 3.05) is 33.4 Å². The number of rotatable bonds is 4. The molecule has 1 saturated carbocycles. The van der Waals surface area contributed by atoms with Crippen molar-refractivity contribution >= 4 is 0 Å². The number of piperidine rings is 1. The van der Waals surface area contributed by atoms with Crippen LogP contribution in [0.2, 0.25) is 0 Å². The van der Waals surface area contributed by atoms with Crippen molar-refractivity contribution in [2.24, 2.45) is 5.41 Å². The molecule has 1 heterocycles. The summed E-state index contributed by atoms with van der Waals surface area (Å²) in [6, 6.07) is 0. The number of nitrogens with zero attached hydrogens (tertiary/aromatic N) is 1. The quantitative estimate of drug-likeness (QED) is 0.782. The highest BCUT2D eigenvalue weighted by Crippen LogP contribution is 2.52. The Morgan fingerprint density at radius 1 is 1.16 bits per heavy atom. The maximum absolute atomic E-state index is 13.0. The zero-order valence-corrected chi connectivity index (χ0v) is 12.2. The maximum Gasteiger partial charge on any atom is 0.249 e. The fourth-order valence-corrected chi connectivity index (χ4v) is 3.15. The van der Waals surface area contributed by atoms with E-state index in [9.17, 15) is 13.2 Å². The van der Waals surface area contributed by atoms with Crippen LogP contribution in [0.3, 0.4) is 0 Å². The monoisotopic (exact) mass is 281 g/mol. The highest BCUT2D eigenvalue weighted by molar-refractivity contribution is 5.01. The Labute approximate surface area is 114 Å². The lowest BCUT2D eigenvalue weighted by molar-refractivity contribution is -0.187. The number of hydrogen-bond donors (Lipinski definition) is 0. The lowest BCUT2D eigenvalue weighted by Gasteiger charge is -2.49. The standard InChI is InChI=1S/C12H20F3NO.C2H6/c1-17-9-11(6-12(14,15)7-11)8-16-4-2-10(13)3-5-16;1-2/h10H,2-9H2,1H3;1-2H3. The fourth-order valence-electron chi connectivity index (χ4n) is 3.15. The topological polar surface area (TPSA) is 12.5 Å². The van der Waals surface area contributed by atoms with Crippen LogP contribution in [-0.2, 0) is 4.74 Å². The van der Waals surface area contributed by atoms with Gasteiger partial charge in [0.25, 0.3) is 0 Å². The first-order valence-electron chi connectivity index (χ1n) is 7.18. The van der Waals surface area contributed by atoms with Crippen molar-refractivity contribution in [3.8, 4) is 0 Å². The molecule has 0 bridgehead atoms. The Morgan fingerprint density at radius 2 is 1.68 bits per heavy atom. The average Bonchev–Trinajstić information content (AvgIpc) is 2.33. The van der Waals surface area contributed by atoms with Gasteiger partial charge in [-0.3, -0.25) is 0 Å². The predicted octanol–water partition coefficient (Wildman–Crippen LogP) is 3.51. The van der Waals surface area contributed by atoms with E-state index in [0.29, 0.717) is 39.1 Å². The van der Waals surface area contributed by atoms with E-state index in [2.05, 4.69) is 4.90 Å². The first kappa shape index (κ1) is 16.8. The minimum absolute atomic E-state index is 0.0939. The molecule has 114 valence electrons. The van der Waals surface area contributed by atoms with Crippen LogP contribution in [0.1, 0.15) is 39.5 Å². The van der Waals surface area contributed by atoms with Gasteiger partial charge in [-0.05, 0) is 12.8 Å². The molecular formula is C14H26F3NO. The second-order valence-electron chi connectivity index (χ2n) is 5.59. The Hall–Kier alpha value is -0.290. The van der Waals surface area contributed by atoms with Gasteiger partial charge in [-0.15, -0.1) is 0 Å². The van der Waals surface area contributed by atoms with E-state index in [1.165, 1.54) is 0 Å². The van der Waals surface area contributed by atoms with Gasteiger partial charge in [0.2, 0.25) is 5.92 Å².